The van der Waals surface area contributed by atoms with E-state index < -0.39 is 7.81 Å². The van der Waals surface area contributed by atoms with Crippen LogP contribution in [0.25, 0.3) is 0 Å². The van der Waals surface area contributed by atoms with E-state index in [0.717, 1.165) is 12.1 Å². The monoisotopic (exact) mass is 311 g/mol. The topological polar surface area (TPSA) is 24.1 Å². The number of aliphatic hydroxyl groups excluding tert-OH is 1. The van der Waals surface area contributed by atoms with Crippen molar-refractivity contribution in [3.05, 3.63) is 30.1 Å². The molecule has 1 aromatic heterocycles. The van der Waals surface area contributed by atoms with E-state index in [-0.39, 0.29) is 6.61 Å². The Hall–Kier alpha value is -0.880. The van der Waals surface area contributed by atoms with Crippen molar-refractivity contribution in [1.29, 1.82) is 0 Å². The molecule has 114 valence electrons. The Bertz CT molecular complexity index is 376. The van der Waals surface area contributed by atoms with Crippen LogP contribution < -0.4 is 4.57 Å². The first-order valence-electron chi connectivity index (χ1n) is 5.47. The molecule has 1 N–H and O–H groups in total. The summed E-state index contributed by atoms with van der Waals surface area (Å²) in [6.45, 7) is 3.39. The standard InChI is InChI=1S/C10H16NO.F6P/c1-2-3-6-11-7-4-10(9-12)5-8-11;1-7(2,3,4,5)6/h4-5,7-8,12H,2-3,6,9H2,1H3;/q+1;-1. The fourth-order valence-electron chi connectivity index (χ4n) is 1.08. The van der Waals surface area contributed by atoms with E-state index in [9.17, 15) is 25.2 Å². The van der Waals surface area contributed by atoms with Crippen LogP contribution in [-0.2, 0) is 13.2 Å². The van der Waals surface area contributed by atoms with E-state index in [1.807, 2.05) is 24.5 Å². The molecule has 1 aromatic rings. The van der Waals surface area contributed by atoms with E-state index in [4.69, 9.17) is 5.11 Å². The summed E-state index contributed by atoms with van der Waals surface area (Å²) in [5, 5.41) is 8.80. The predicted molar refractivity (Wildman–Crippen MR) is 61.0 cm³/mol. The van der Waals surface area contributed by atoms with Crippen molar-refractivity contribution in [2.24, 2.45) is 0 Å². The van der Waals surface area contributed by atoms with Gasteiger partial charge in [-0.2, -0.15) is 0 Å². The molecule has 0 aliphatic heterocycles. The maximum atomic E-state index is 9.87. The number of hydrogen-bond acceptors (Lipinski definition) is 1. The minimum atomic E-state index is -10.7. The van der Waals surface area contributed by atoms with Crippen molar-refractivity contribution in [3.8, 4) is 0 Å². The van der Waals surface area contributed by atoms with Gasteiger partial charge in [-0.15, -0.1) is 0 Å². The summed E-state index contributed by atoms with van der Waals surface area (Å²) in [6.07, 6.45) is 6.46. The van der Waals surface area contributed by atoms with Crippen LogP contribution in [0.15, 0.2) is 24.5 Å². The number of pyridine rings is 1. The quantitative estimate of drug-likeness (QED) is 0.488. The van der Waals surface area contributed by atoms with Crippen LogP contribution in [-0.4, -0.2) is 5.11 Å². The third kappa shape index (κ3) is 17.1. The maximum absolute atomic E-state index is 10.7. The second kappa shape index (κ2) is 5.63. The second-order valence-electron chi connectivity index (χ2n) is 3.91. The summed E-state index contributed by atoms with van der Waals surface area (Å²) in [5.41, 5.74) is 0.975. The predicted octanol–water partition coefficient (Wildman–Crippen LogP) is 4.65. The molecule has 19 heavy (non-hydrogen) atoms. The van der Waals surface area contributed by atoms with Gasteiger partial charge in [0.05, 0.1) is 6.61 Å². The number of aromatic nitrogens is 1. The zero-order valence-electron chi connectivity index (χ0n) is 10.2. The van der Waals surface area contributed by atoms with Crippen LogP contribution in [0.2, 0.25) is 0 Å². The van der Waals surface area contributed by atoms with Gasteiger partial charge in [-0.1, -0.05) is 13.3 Å². The van der Waals surface area contributed by atoms with Crippen LogP contribution in [0.3, 0.4) is 0 Å². The van der Waals surface area contributed by atoms with Gasteiger partial charge < -0.3 is 5.11 Å². The van der Waals surface area contributed by atoms with Crippen molar-refractivity contribution in [3.63, 3.8) is 0 Å². The minimum absolute atomic E-state index is 0.134. The molecule has 0 spiro atoms. The molecule has 0 atom stereocenters. The fourth-order valence-corrected chi connectivity index (χ4v) is 1.08. The number of rotatable bonds is 4. The zero-order chi connectivity index (χ0) is 15.2. The van der Waals surface area contributed by atoms with Crippen molar-refractivity contribution < 1.29 is 34.9 Å². The number of aliphatic hydroxyl groups is 1. The number of aryl methyl sites for hydroxylation is 1. The van der Waals surface area contributed by atoms with Gasteiger partial charge in [0, 0.05) is 18.6 Å². The summed E-state index contributed by atoms with van der Waals surface area (Å²) in [5.74, 6) is 0. The molecule has 0 aliphatic carbocycles. The third-order valence-electron chi connectivity index (χ3n) is 1.91. The number of halogens is 6. The van der Waals surface area contributed by atoms with E-state index in [2.05, 4.69) is 11.5 Å². The summed E-state index contributed by atoms with van der Waals surface area (Å²) >= 11 is 0. The second-order valence-corrected chi connectivity index (χ2v) is 5.83. The van der Waals surface area contributed by atoms with Gasteiger partial charge in [-0.05, 0) is 5.56 Å². The Balaban J connectivity index is 0.000000399. The zero-order valence-corrected chi connectivity index (χ0v) is 11.1. The summed E-state index contributed by atoms with van der Waals surface area (Å²) in [7, 11) is -10.7. The van der Waals surface area contributed by atoms with Gasteiger partial charge in [-0.3, -0.25) is 0 Å². The van der Waals surface area contributed by atoms with Gasteiger partial charge >= 0.3 is 33.0 Å². The van der Waals surface area contributed by atoms with Crippen LogP contribution >= 0.6 is 7.81 Å². The van der Waals surface area contributed by atoms with Gasteiger partial charge in [0.1, 0.15) is 6.54 Å². The molecular weight excluding hydrogens is 295 g/mol. The number of nitrogens with zero attached hydrogens (tertiary/aromatic N) is 1. The first-order valence-corrected chi connectivity index (χ1v) is 7.50. The van der Waals surface area contributed by atoms with Crippen LogP contribution in [0, 0.1) is 0 Å². The van der Waals surface area contributed by atoms with Crippen LogP contribution in [0.4, 0.5) is 25.2 Å². The molecule has 0 aromatic carbocycles. The Labute approximate surface area is 106 Å². The molecule has 1 rings (SSSR count). The molecule has 0 bridgehead atoms. The average molecular weight is 311 g/mol. The van der Waals surface area contributed by atoms with Crippen LogP contribution in [0.5, 0.6) is 0 Å². The molecule has 9 heteroatoms. The average Bonchev–Trinajstić information content (AvgIpc) is 2.23. The van der Waals surface area contributed by atoms with E-state index in [0.29, 0.717) is 0 Å². The molecule has 2 nitrogen and oxygen atoms in total. The van der Waals surface area contributed by atoms with Gasteiger partial charge in [-0.25, -0.2) is 4.57 Å². The number of unbranched alkanes of at least 4 members (excludes halogenated alkanes) is 1. The summed E-state index contributed by atoms with van der Waals surface area (Å²) in [4.78, 5) is 0. The van der Waals surface area contributed by atoms with Crippen LogP contribution in [0.1, 0.15) is 25.3 Å². The molecule has 0 amide bonds. The molecule has 0 radical (unpaired) electrons. The van der Waals surface area contributed by atoms with E-state index in [1.165, 1.54) is 12.8 Å². The summed E-state index contributed by atoms with van der Waals surface area (Å²) < 4.78 is 61.3. The Morgan fingerprint density at radius 2 is 1.47 bits per heavy atom. The molecular formula is C10H16F6NOP. The summed E-state index contributed by atoms with van der Waals surface area (Å²) in [6, 6.07) is 3.91. The molecule has 0 unspecified atom stereocenters. The molecule has 0 aliphatic rings. The van der Waals surface area contributed by atoms with Crippen molar-refractivity contribution in [1.82, 2.24) is 0 Å². The van der Waals surface area contributed by atoms with Gasteiger partial charge in [0.25, 0.3) is 0 Å². The molecule has 0 saturated carbocycles. The third-order valence-corrected chi connectivity index (χ3v) is 1.91. The van der Waals surface area contributed by atoms with Gasteiger partial charge in [0.2, 0.25) is 0 Å². The van der Waals surface area contributed by atoms with Crippen molar-refractivity contribution >= 4 is 7.81 Å². The molecule has 0 saturated heterocycles. The Morgan fingerprint density at radius 3 is 1.79 bits per heavy atom. The van der Waals surface area contributed by atoms with Crippen molar-refractivity contribution in [2.75, 3.05) is 0 Å². The molecule has 0 fully saturated rings. The number of hydrogen-bond donors (Lipinski definition) is 1. The van der Waals surface area contributed by atoms with Gasteiger partial charge in [0.15, 0.2) is 12.4 Å². The normalized spacial score (nSPS) is 14.9. The Morgan fingerprint density at radius 1 is 1.05 bits per heavy atom. The van der Waals surface area contributed by atoms with E-state index in [1.54, 1.807) is 0 Å². The molecule has 1 heterocycles. The SMILES string of the molecule is CCCC[n+]1ccc(CO)cc1.F[P-](F)(F)(F)(F)F. The fraction of sp³-hybridized carbons (Fsp3) is 0.500. The first-order chi connectivity index (χ1) is 8.31. The Kier molecular flexibility index (Phi) is 5.37. The van der Waals surface area contributed by atoms with Crippen molar-refractivity contribution in [2.45, 2.75) is 32.9 Å². The first kappa shape index (κ1) is 18.1. The van der Waals surface area contributed by atoms with E-state index >= 15 is 0 Å².